The van der Waals surface area contributed by atoms with Crippen LogP contribution in [-0.2, 0) is 11.2 Å². The zero-order chi connectivity index (χ0) is 12.5. The molecule has 2 rings (SSSR count). The van der Waals surface area contributed by atoms with Gasteiger partial charge in [-0.3, -0.25) is 4.79 Å². The Morgan fingerprint density at radius 2 is 2.11 bits per heavy atom. The fourth-order valence-corrected chi connectivity index (χ4v) is 2.53. The van der Waals surface area contributed by atoms with Crippen LogP contribution in [-0.4, -0.2) is 23.2 Å². The highest BCUT2D eigenvalue weighted by atomic mass is 35.5. The quantitative estimate of drug-likeness (QED) is 0.901. The van der Waals surface area contributed by atoms with E-state index in [4.69, 9.17) is 23.2 Å². The van der Waals surface area contributed by atoms with E-state index in [1.54, 1.807) is 12.1 Å². The Bertz CT molecular complexity index is 445. The zero-order valence-corrected chi connectivity index (χ0v) is 11.9. The van der Waals surface area contributed by atoms with Crippen LogP contribution < -0.4 is 5.32 Å². The lowest BCUT2D eigenvalue weighted by molar-refractivity contribution is -0.144. The van der Waals surface area contributed by atoms with Crippen molar-refractivity contribution in [2.75, 3.05) is 6.54 Å². The summed E-state index contributed by atoms with van der Waals surface area (Å²) in [6, 6.07) is 5.25. The average Bonchev–Trinajstić information content (AvgIpc) is 2.73. The second-order valence-electron chi connectivity index (χ2n) is 4.34. The minimum atomic E-state index is -0.850. The fourth-order valence-electron chi connectivity index (χ4n) is 2.21. The van der Waals surface area contributed by atoms with E-state index in [1.807, 2.05) is 6.07 Å². The van der Waals surface area contributed by atoms with Crippen LogP contribution in [0.1, 0.15) is 18.4 Å². The molecule has 0 aromatic heterocycles. The van der Waals surface area contributed by atoms with Gasteiger partial charge in [-0.25, -0.2) is 0 Å². The lowest BCUT2D eigenvalue weighted by Crippen LogP contribution is -2.49. The third-order valence-corrected chi connectivity index (χ3v) is 3.88. The van der Waals surface area contributed by atoms with Crippen molar-refractivity contribution in [1.29, 1.82) is 0 Å². The topological polar surface area (TPSA) is 49.3 Å². The van der Waals surface area contributed by atoms with E-state index in [1.165, 1.54) is 0 Å². The first-order chi connectivity index (χ1) is 8.03. The first-order valence-corrected chi connectivity index (χ1v) is 6.21. The van der Waals surface area contributed by atoms with Crippen LogP contribution in [0.15, 0.2) is 18.2 Å². The highest BCUT2D eigenvalue weighted by Gasteiger charge is 2.41. The van der Waals surface area contributed by atoms with Crippen molar-refractivity contribution < 1.29 is 9.90 Å². The van der Waals surface area contributed by atoms with Crippen molar-refractivity contribution >= 4 is 41.6 Å². The maximum absolute atomic E-state index is 11.4. The molecule has 2 N–H and O–H groups in total. The summed E-state index contributed by atoms with van der Waals surface area (Å²) < 4.78 is 0. The lowest BCUT2D eigenvalue weighted by atomic mass is 9.89. The second-order valence-corrected chi connectivity index (χ2v) is 5.16. The van der Waals surface area contributed by atoms with Crippen LogP contribution in [0.25, 0.3) is 0 Å². The van der Waals surface area contributed by atoms with Gasteiger partial charge in [-0.1, -0.05) is 29.3 Å². The number of carboxylic acids is 1. The predicted molar refractivity (Wildman–Crippen MR) is 75.0 cm³/mol. The number of hydrogen-bond acceptors (Lipinski definition) is 2. The van der Waals surface area contributed by atoms with Gasteiger partial charge in [0.05, 0.1) is 10.0 Å². The molecule has 1 aromatic rings. The highest BCUT2D eigenvalue weighted by Crippen LogP contribution is 2.28. The Balaban J connectivity index is 0.00000162. The molecule has 0 aliphatic carbocycles. The maximum atomic E-state index is 11.4. The Hall–Kier alpha value is -0.480. The molecule has 1 saturated heterocycles. The number of carboxylic acid groups (broad SMARTS) is 1. The Labute approximate surface area is 122 Å². The molecule has 0 radical (unpaired) electrons. The summed E-state index contributed by atoms with van der Waals surface area (Å²) in [7, 11) is 0. The maximum Gasteiger partial charge on any atom is 0.324 e. The summed E-state index contributed by atoms with van der Waals surface area (Å²) >= 11 is 11.8. The molecule has 1 aromatic carbocycles. The molecule has 1 aliphatic heterocycles. The molecule has 0 amide bonds. The molecule has 1 heterocycles. The number of rotatable bonds is 3. The van der Waals surface area contributed by atoms with Crippen molar-refractivity contribution in [3.8, 4) is 0 Å². The van der Waals surface area contributed by atoms with Gasteiger partial charge in [0.1, 0.15) is 5.54 Å². The van der Waals surface area contributed by atoms with E-state index in [0.29, 0.717) is 22.9 Å². The monoisotopic (exact) mass is 309 g/mol. The molecule has 0 bridgehead atoms. The van der Waals surface area contributed by atoms with Gasteiger partial charge in [0.25, 0.3) is 0 Å². The van der Waals surface area contributed by atoms with Gasteiger partial charge in [-0.05, 0) is 37.1 Å². The van der Waals surface area contributed by atoms with Gasteiger partial charge in [0.2, 0.25) is 0 Å². The van der Waals surface area contributed by atoms with Gasteiger partial charge in [-0.15, -0.1) is 12.4 Å². The Morgan fingerprint density at radius 1 is 1.39 bits per heavy atom. The van der Waals surface area contributed by atoms with Crippen molar-refractivity contribution in [2.45, 2.75) is 24.8 Å². The van der Waals surface area contributed by atoms with Crippen molar-refractivity contribution in [3.63, 3.8) is 0 Å². The average molecular weight is 311 g/mol. The zero-order valence-electron chi connectivity index (χ0n) is 9.58. The SMILES string of the molecule is Cl.O=C(O)[C@]1(Cc2ccc(Cl)c(Cl)c2)CCCN1. The molecule has 1 fully saturated rings. The molecular formula is C12H14Cl3NO2. The smallest absolute Gasteiger partial charge is 0.324 e. The van der Waals surface area contributed by atoms with Crippen LogP contribution in [0.2, 0.25) is 10.0 Å². The minimum absolute atomic E-state index is 0. The van der Waals surface area contributed by atoms with E-state index >= 15 is 0 Å². The summed E-state index contributed by atoms with van der Waals surface area (Å²) in [6.45, 7) is 0.744. The van der Waals surface area contributed by atoms with Crippen LogP contribution in [0.3, 0.4) is 0 Å². The summed E-state index contributed by atoms with van der Waals surface area (Å²) in [6.07, 6.45) is 1.95. The van der Waals surface area contributed by atoms with Crippen LogP contribution in [0.4, 0.5) is 0 Å². The van der Waals surface area contributed by atoms with Crippen LogP contribution in [0, 0.1) is 0 Å². The lowest BCUT2D eigenvalue weighted by Gasteiger charge is -2.24. The van der Waals surface area contributed by atoms with E-state index < -0.39 is 11.5 Å². The number of nitrogens with one attached hydrogen (secondary N) is 1. The molecule has 18 heavy (non-hydrogen) atoms. The van der Waals surface area contributed by atoms with Crippen molar-refractivity contribution in [2.24, 2.45) is 0 Å². The molecule has 0 unspecified atom stereocenters. The molecule has 6 heteroatoms. The van der Waals surface area contributed by atoms with Gasteiger partial charge in [-0.2, -0.15) is 0 Å². The minimum Gasteiger partial charge on any atom is -0.480 e. The van der Waals surface area contributed by atoms with E-state index in [2.05, 4.69) is 5.32 Å². The predicted octanol–water partition coefficient (Wildman–Crippen LogP) is 3.16. The molecular weight excluding hydrogens is 296 g/mol. The summed E-state index contributed by atoms with van der Waals surface area (Å²) in [5.41, 5.74) is 0.0353. The van der Waals surface area contributed by atoms with Crippen molar-refractivity contribution in [1.82, 2.24) is 5.32 Å². The highest BCUT2D eigenvalue weighted by molar-refractivity contribution is 6.42. The molecule has 1 atom stereocenters. The number of hydrogen-bond donors (Lipinski definition) is 2. The molecule has 0 saturated carbocycles. The standard InChI is InChI=1S/C12H13Cl2NO2.ClH/c13-9-3-2-8(6-10(9)14)7-12(11(16)17)4-1-5-15-12;/h2-3,6,15H,1,4-5,7H2,(H,16,17);1H/t12-;/m1./s1. The molecule has 100 valence electrons. The van der Waals surface area contributed by atoms with Gasteiger partial charge in [0.15, 0.2) is 0 Å². The Morgan fingerprint density at radius 3 is 2.61 bits per heavy atom. The van der Waals surface area contributed by atoms with Gasteiger partial charge < -0.3 is 10.4 Å². The fraction of sp³-hybridized carbons (Fsp3) is 0.417. The van der Waals surface area contributed by atoms with Gasteiger partial charge >= 0.3 is 5.97 Å². The number of halogens is 3. The first-order valence-electron chi connectivity index (χ1n) is 5.46. The summed E-state index contributed by atoms with van der Waals surface area (Å²) in [5, 5.41) is 13.4. The first kappa shape index (κ1) is 15.6. The molecule has 3 nitrogen and oxygen atoms in total. The summed E-state index contributed by atoms with van der Waals surface area (Å²) in [4.78, 5) is 11.4. The van der Waals surface area contributed by atoms with E-state index in [-0.39, 0.29) is 12.4 Å². The number of carbonyl (C=O) groups is 1. The van der Waals surface area contributed by atoms with Gasteiger partial charge in [0, 0.05) is 6.42 Å². The van der Waals surface area contributed by atoms with Crippen LogP contribution >= 0.6 is 35.6 Å². The number of aliphatic carboxylic acids is 1. The molecule has 0 spiro atoms. The normalized spacial score (nSPS) is 22.6. The summed E-state index contributed by atoms with van der Waals surface area (Å²) in [5.74, 6) is -0.805. The third kappa shape index (κ3) is 3.09. The Kier molecular flexibility index (Phi) is 5.29. The van der Waals surface area contributed by atoms with E-state index in [0.717, 1.165) is 18.5 Å². The molecule has 1 aliphatic rings. The second kappa shape index (κ2) is 6.11. The van der Waals surface area contributed by atoms with E-state index in [9.17, 15) is 9.90 Å². The van der Waals surface area contributed by atoms with Crippen LogP contribution in [0.5, 0.6) is 0 Å². The third-order valence-electron chi connectivity index (χ3n) is 3.14. The largest absolute Gasteiger partial charge is 0.480 e. The van der Waals surface area contributed by atoms with Crippen molar-refractivity contribution in [3.05, 3.63) is 33.8 Å². The number of benzene rings is 1.